The molecule has 0 aliphatic carbocycles. The molecule has 0 aliphatic rings. The van der Waals surface area contributed by atoms with Gasteiger partial charge in [-0.05, 0) is 107 Å². The van der Waals surface area contributed by atoms with Crippen LogP contribution < -0.4 is 14.3 Å². The first-order chi connectivity index (χ1) is 15.7. The predicted molar refractivity (Wildman–Crippen MR) is 144 cm³/mol. The fourth-order valence-electron chi connectivity index (χ4n) is 2.73. The molecule has 7 nitrogen and oxygen atoms in total. The summed E-state index contributed by atoms with van der Waals surface area (Å²) in [4.78, 5) is 12.3. The number of carbonyl (C=O) groups excluding carboxylic acids is 1. The van der Waals surface area contributed by atoms with Crippen LogP contribution in [0.5, 0.6) is 11.5 Å². The maximum absolute atomic E-state index is 12.8. The van der Waals surface area contributed by atoms with Gasteiger partial charge in [0.15, 0.2) is 11.5 Å². The van der Waals surface area contributed by atoms with Gasteiger partial charge in [-0.1, -0.05) is 23.8 Å². The lowest BCUT2D eigenvalue weighted by Crippen LogP contribution is -2.17. The molecule has 10 heteroatoms. The molecule has 1 N–H and O–H groups in total. The Morgan fingerprint density at radius 1 is 1.09 bits per heavy atom. The Morgan fingerprint density at radius 2 is 1.82 bits per heavy atom. The topological polar surface area (TPSA) is 94.1 Å². The van der Waals surface area contributed by atoms with Crippen LogP contribution in [0.25, 0.3) is 0 Å². The van der Waals surface area contributed by atoms with Crippen LogP contribution in [0.3, 0.4) is 0 Å². The van der Waals surface area contributed by atoms with Gasteiger partial charge in [-0.15, -0.1) is 0 Å². The quantitative estimate of drug-likeness (QED) is 0.153. The number of benzene rings is 3. The summed E-state index contributed by atoms with van der Waals surface area (Å²) >= 11 is 4.10. The molecule has 0 atom stereocenters. The highest BCUT2D eigenvalue weighted by molar-refractivity contribution is 14.1. The highest BCUT2D eigenvalue weighted by Crippen LogP contribution is 2.36. The van der Waals surface area contributed by atoms with Gasteiger partial charge in [0, 0.05) is 9.13 Å². The smallest absolute Gasteiger partial charge is 0.339 e. The van der Waals surface area contributed by atoms with Crippen molar-refractivity contribution in [3.05, 3.63) is 84.5 Å². The van der Waals surface area contributed by atoms with E-state index >= 15 is 0 Å². The van der Waals surface area contributed by atoms with E-state index in [9.17, 15) is 13.2 Å². The number of hydrazone groups is 1. The lowest BCUT2D eigenvalue weighted by Gasteiger charge is -2.14. The number of nitrogens with one attached hydrogen (secondary N) is 1. The van der Waals surface area contributed by atoms with Gasteiger partial charge in [-0.3, -0.25) is 4.79 Å². The SMILES string of the molecule is CCOc1cc(/C=N\NC(=O)c2cccc(I)c2)cc(I)c1OS(=O)(=O)c1ccc(C)cc1. The lowest BCUT2D eigenvalue weighted by molar-refractivity contribution is 0.0955. The van der Waals surface area contributed by atoms with Crippen molar-refractivity contribution >= 4 is 67.4 Å². The molecule has 33 heavy (non-hydrogen) atoms. The zero-order valence-electron chi connectivity index (χ0n) is 17.7. The molecule has 0 bridgehead atoms. The van der Waals surface area contributed by atoms with Crippen molar-refractivity contribution in [2.24, 2.45) is 5.10 Å². The standard InChI is InChI=1S/C23H20I2N2O5S/c1-3-31-21-12-16(14-26-27-23(28)17-5-4-6-18(24)13-17)11-20(25)22(21)32-33(29,30)19-9-7-15(2)8-10-19/h4-14H,3H2,1-2H3,(H,27,28)/b26-14-. The molecule has 0 aromatic heterocycles. The van der Waals surface area contributed by atoms with Gasteiger partial charge >= 0.3 is 10.1 Å². The van der Waals surface area contributed by atoms with Crippen LogP contribution in [0.2, 0.25) is 0 Å². The second-order valence-electron chi connectivity index (χ2n) is 6.82. The van der Waals surface area contributed by atoms with Gasteiger partial charge < -0.3 is 8.92 Å². The largest absolute Gasteiger partial charge is 0.490 e. The van der Waals surface area contributed by atoms with E-state index in [1.165, 1.54) is 18.3 Å². The van der Waals surface area contributed by atoms with E-state index in [-0.39, 0.29) is 22.3 Å². The van der Waals surface area contributed by atoms with E-state index in [4.69, 9.17) is 8.92 Å². The molecule has 0 saturated heterocycles. The first kappa shape index (κ1) is 25.4. The Balaban J connectivity index is 1.82. The van der Waals surface area contributed by atoms with Crippen LogP contribution in [0, 0.1) is 14.1 Å². The molecule has 3 rings (SSSR count). The molecule has 3 aromatic carbocycles. The molecule has 0 fully saturated rings. The van der Waals surface area contributed by atoms with Crippen LogP contribution in [-0.4, -0.2) is 27.1 Å². The number of amides is 1. The Hall–Kier alpha value is -2.19. The first-order valence-corrected chi connectivity index (χ1v) is 13.3. The Morgan fingerprint density at radius 3 is 2.48 bits per heavy atom. The molecular weight excluding hydrogens is 670 g/mol. The predicted octanol–water partition coefficient (Wildman–Crippen LogP) is 5.13. The monoisotopic (exact) mass is 690 g/mol. The molecule has 0 unspecified atom stereocenters. The maximum atomic E-state index is 12.8. The van der Waals surface area contributed by atoms with Crippen LogP contribution in [0.4, 0.5) is 0 Å². The Kier molecular flexibility index (Phi) is 8.70. The van der Waals surface area contributed by atoms with Crippen LogP contribution in [0.1, 0.15) is 28.4 Å². The molecule has 172 valence electrons. The normalized spacial score (nSPS) is 11.4. The van der Waals surface area contributed by atoms with Gasteiger partial charge in [0.05, 0.1) is 16.4 Å². The van der Waals surface area contributed by atoms with Gasteiger partial charge in [-0.25, -0.2) is 5.43 Å². The number of nitrogens with zero attached hydrogens (tertiary/aromatic N) is 1. The number of hydrogen-bond acceptors (Lipinski definition) is 6. The Bertz CT molecular complexity index is 1290. The van der Waals surface area contributed by atoms with Crippen LogP contribution in [0.15, 0.2) is 70.7 Å². The van der Waals surface area contributed by atoms with Crippen LogP contribution >= 0.6 is 45.2 Å². The minimum absolute atomic E-state index is 0.0512. The molecule has 3 aromatic rings. The van der Waals surface area contributed by atoms with E-state index < -0.39 is 10.1 Å². The van der Waals surface area contributed by atoms with Crippen molar-refractivity contribution in [2.75, 3.05) is 6.61 Å². The van der Waals surface area contributed by atoms with Crippen molar-refractivity contribution in [1.29, 1.82) is 0 Å². The lowest BCUT2D eigenvalue weighted by atomic mass is 10.2. The summed E-state index contributed by atoms with van der Waals surface area (Å²) < 4.78 is 38.0. The second kappa shape index (κ2) is 11.3. The Labute approximate surface area is 220 Å². The third kappa shape index (κ3) is 6.90. The van der Waals surface area contributed by atoms with Crippen molar-refractivity contribution in [3.8, 4) is 11.5 Å². The first-order valence-electron chi connectivity index (χ1n) is 9.76. The third-order valence-corrected chi connectivity index (χ3v) is 7.01. The number of aryl methyl sites for hydroxylation is 1. The summed E-state index contributed by atoms with van der Waals surface area (Å²) in [7, 11) is -4.04. The zero-order valence-corrected chi connectivity index (χ0v) is 22.8. The van der Waals surface area contributed by atoms with Crippen molar-refractivity contribution in [1.82, 2.24) is 5.43 Å². The maximum Gasteiger partial charge on any atom is 0.339 e. The van der Waals surface area contributed by atoms with Gasteiger partial charge in [0.2, 0.25) is 0 Å². The molecular formula is C23H20I2N2O5S. The summed E-state index contributed by atoms with van der Waals surface area (Å²) in [6, 6.07) is 16.8. The van der Waals surface area contributed by atoms with Gasteiger partial charge in [-0.2, -0.15) is 13.5 Å². The van der Waals surface area contributed by atoms with Crippen molar-refractivity contribution in [3.63, 3.8) is 0 Å². The minimum Gasteiger partial charge on any atom is -0.490 e. The zero-order chi connectivity index (χ0) is 24.0. The van der Waals surface area contributed by atoms with Crippen molar-refractivity contribution < 1.29 is 22.1 Å². The highest BCUT2D eigenvalue weighted by Gasteiger charge is 2.22. The average Bonchev–Trinajstić information content (AvgIpc) is 2.76. The van der Waals surface area contributed by atoms with Crippen molar-refractivity contribution in [2.45, 2.75) is 18.7 Å². The molecule has 0 spiro atoms. The van der Waals surface area contributed by atoms with E-state index in [2.05, 4.69) is 33.1 Å². The number of hydrogen-bond donors (Lipinski definition) is 1. The van der Waals surface area contributed by atoms with E-state index in [0.717, 1.165) is 9.13 Å². The summed E-state index contributed by atoms with van der Waals surface area (Å²) in [5.74, 6) is 0.0113. The fourth-order valence-corrected chi connectivity index (χ4v) is 5.11. The molecule has 0 heterocycles. The van der Waals surface area contributed by atoms with Crippen LogP contribution in [-0.2, 0) is 10.1 Å². The van der Waals surface area contributed by atoms with Gasteiger partial charge in [0.25, 0.3) is 5.91 Å². The van der Waals surface area contributed by atoms with E-state index in [1.807, 2.05) is 35.6 Å². The highest BCUT2D eigenvalue weighted by atomic mass is 127. The molecule has 0 radical (unpaired) electrons. The molecule has 0 aliphatic heterocycles. The van der Waals surface area contributed by atoms with E-state index in [0.29, 0.717) is 21.3 Å². The van der Waals surface area contributed by atoms with E-state index in [1.54, 1.807) is 49.4 Å². The molecule has 0 saturated carbocycles. The average molecular weight is 690 g/mol. The number of rotatable bonds is 8. The third-order valence-electron chi connectivity index (χ3n) is 4.30. The second-order valence-corrected chi connectivity index (χ2v) is 10.8. The summed E-state index contributed by atoms with van der Waals surface area (Å²) in [5.41, 5.74) is 4.52. The fraction of sp³-hybridized carbons (Fsp3) is 0.130. The number of ether oxygens (including phenoxy) is 1. The van der Waals surface area contributed by atoms with Gasteiger partial charge in [0.1, 0.15) is 4.90 Å². The number of carbonyl (C=O) groups is 1. The molecule has 1 amide bonds. The number of halogens is 2. The summed E-state index contributed by atoms with van der Waals surface area (Å²) in [6.45, 7) is 3.96. The minimum atomic E-state index is -4.04. The summed E-state index contributed by atoms with van der Waals surface area (Å²) in [5, 5.41) is 4.01. The summed E-state index contributed by atoms with van der Waals surface area (Å²) in [6.07, 6.45) is 1.45.